The fraction of sp³-hybridized carbons (Fsp3) is 0.353. The van der Waals surface area contributed by atoms with Gasteiger partial charge in [0.1, 0.15) is 11.5 Å². The van der Waals surface area contributed by atoms with Crippen molar-refractivity contribution in [2.75, 3.05) is 21.3 Å². The van der Waals surface area contributed by atoms with E-state index in [4.69, 9.17) is 14.2 Å². The Labute approximate surface area is 139 Å². The topological polar surface area (TPSA) is 79.7 Å². The van der Waals surface area contributed by atoms with E-state index in [1.54, 1.807) is 45.4 Å². The van der Waals surface area contributed by atoms with Gasteiger partial charge in [-0.3, -0.25) is 4.79 Å². The van der Waals surface area contributed by atoms with Crippen LogP contribution in [0.5, 0.6) is 11.5 Å². The summed E-state index contributed by atoms with van der Waals surface area (Å²) in [4.78, 5) is 24.0. The summed E-state index contributed by atoms with van der Waals surface area (Å²) in [6, 6.07) is 7.45. The molecule has 1 unspecified atom stereocenters. The highest BCUT2D eigenvalue weighted by molar-refractivity contribution is 5.74. The molecule has 0 saturated heterocycles. The van der Waals surface area contributed by atoms with Gasteiger partial charge in [-0.15, -0.1) is 0 Å². The molecule has 128 valence electrons. The number of benzene rings is 1. The maximum absolute atomic E-state index is 12.1. The van der Waals surface area contributed by atoms with Crippen LogP contribution in [0.4, 0.5) is 0 Å². The van der Waals surface area contributed by atoms with Crippen LogP contribution >= 0.6 is 0 Å². The summed E-state index contributed by atoms with van der Waals surface area (Å²) in [5.74, 6) is 0.701. The standard InChI is InChI=1S/C17H20N2O5/c1-5-14(17(21)24-4)19-16(20)9-7-13(18-19)12-10-11(22-2)6-8-15(12)23-3/h6-10,14H,5H2,1-4H3. The van der Waals surface area contributed by atoms with E-state index < -0.39 is 12.0 Å². The van der Waals surface area contributed by atoms with Crippen molar-refractivity contribution in [1.82, 2.24) is 9.78 Å². The van der Waals surface area contributed by atoms with Crippen molar-refractivity contribution in [3.63, 3.8) is 0 Å². The molecule has 0 bridgehead atoms. The number of hydrogen-bond donors (Lipinski definition) is 0. The van der Waals surface area contributed by atoms with Gasteiger partial charge in [-0.1, -0.05) is 6.92 Å². The molecule has 1 heterocycles. The van der Waals surface area contributed by atoms with E-state index >= 15 is 0 Å². The lowest BCUT2D eigenvalue weighted by Crippen LogP contribution is -2.32. The molecule has 0 radical (unpaired) electrons. The van der Waals surface area contributed by atoms with Crippen LogP contribution < -0.4 is 15.0 Å². The van der Waals surface area contributed by atoms with Crippen molar-refractivity contribution in [3.05, 3.63) is 40.7 Å². The molecule has 0 saturated carbocycles. The SMILES string of the molecule is CCC(C(=O)OC)n1nc(-c2cc(OC)ccc2OC)ccc1=O. The number of carbonyl (C=O) groups is 1. The van der Waals surface area contributed by atoms with Gasteiger partial charge in [0.05, 0.1) is 27.0 Å². The number of methoxy groups -OCH3 is 3. The van der Waals surface area contributed by atoms with Gasteiger partial charge in [-0.25, -0.2) is 9.48 Å². The molecule has 24 heavy (non-hydrogen) atoms. The third-order valence-corrected chi connectivity index (χ3v) is 3.66. The second-order valence-corrected chi connectivity index (χ2v) is 5.01. The number of hydrogen-bond acceptors (Lipinski definition) is 6. The maximum Gasteiger partial charge on any atom is 0.330 e. The zero-order chi connectivity index (χ0) is 17.7. The van der Waals surface area contributed by atoms with Crippen LogP contribution in [-0.2, 0) is 9.53 Å². The number of ether oxygens (including phenoxy) is 3. The summed E-state index contributed by atoms with van der Waals surface area (Å²) in [5.41, 5.74) is 0.774. The second kappa shape index (κ2) is 7.63. The van der Waals surface area contributed by atoms with Crippen LogP contribution in [0.25, 0.3) is 11.3 Å². The van der Waals surface area contributed by atoms with Gasteiger partial charge in [0.15, 0.2) is 6.04 Å². The highest BCUT2D eigenvalue weighted by Gasteiger charge is 2.22. The van der Waals surface area contributed by atoms with Crippen LogP contribution in [0.15, 0.2) is 35.1 Å². The Hall–Kier alpha value is -2.83. The number of aromatic nitrogens is 2. The molecular weight excluding hydrogens is 312 g/mol. The average molecular weight is 332 g/mol. The van der Waals surface area contributed by atoms with Crippen LogP contribution in [0, 0.1) is 0 Å². The Bertz CT molecular complexity index is 785. The molecular formula is C17H20N2O5. The first-order chi connectivity index (χ1) is 11.5. The summed E-state index contributed by atoms with van der Waals surface area (Å²) < 4.78 is 16.5. The Balaban J connectivity index is 2.60. The van der Waals surface area contributed by atoms with Crippen LogP contribution in [0.1, 0.15) is 19.4 Å². The number of carbonyl (C=O) groups excluding carboxylic acids is 1. The first kappa shape index (κ1) is 17.5. The lowest BCUT2D eigenvalue weighted by molar-refractivity contribution is -0.145. The monoisotopic (exact) mass is 332 g/mol. The van der Waals surface area contributed by atoms with Gasteiger partial charge in [0.2, 0.25) is 0 Å². The van der Waals surface area contributed by atoms with E-state index in [2.05, 4.69) is 5.10 Å². The molecule has 7 nitrogen and oxygen atoms in total. The predicted octanol–water partition coefficient (Wildman–Crippen LogP) is 2.05. The molecule has 0 aliphatic carbocycles. The largest absolute Gasteiger partial charge is 0.497 e. The quantitative estimate of drug-likeness (QED) is 0.753. The summed E-state index contributed by atoms with van der Waals surface area (Å²) in [6.45, 7) is 1.79. The van der Waals surface area contributed by atoms with Crippen molar-refractivity contribution < 1.29 is 19.0 Å². The van der Waals surface area contributed by atoms with Crippen LogP contribution in [-0.4, -0.2) is 37.1 Å². The van der Waals surface area contributed by atoms with Gasteiger partial charge in [0.25, 0.3) is 5.56 Å². The van der Waals surface area contributed by atoms with Gasteiger partial charge in [0, 0.05) is 11.6 Å². The molecule has 0 spiro atoms. The molecule has 1 aromatic heterocycles. The molecule has 7 heteroatoms. The van der Waals surface area contributed by atoms with Gasteiger partial charge in [-0.05, 0) is 30.7 Å². The predicted molar refractivity (Wildman–Crippen MR) is 88.4 cm³/mol. The van der Waals surface area contributed by atoms with Crippen LogP contribution in [0.2, 0.25) is 0 Å². The van der Waals surface area contributed by atoms with Gasteiger partial charge < -0.3 is 14.2 Å². The smallest absolute Gasteiger partial charge is 0.330 e. The number of nitrogens with zero attached hydrogens (tertiary/aromatic N) is 2. The first-order valence-corrected chi connectivity index (χ1v) is 7.45. The van der Waals surface area contributed by atoms with Crippen molar-refractivity contribution in [2.45, 2.75) is 19.4 Å². The van der Waals surface area contributed by atoms with E-state index in [1.165, 1.54) is 13.2 Å². The Morgan fingerprint density at radius 1 is 1.17 bits per heavy atom. The highest BCUT2D eigenvalue weighted by Crippen LogP contribution is 2.32. The molecule has 0 aliphatic rings. The van der Waals surface area contributed by atoms with Gasteiger partial charge in [-0.2, -0.15) is 5.10 Å². The lowest BCUT2D eigenvalue weighted by Gasteiger charge is -2.16. The minimum Gasteiger partial charge on any atom is -0.497 e. The van der Waals surface area contributed by atoms with Crippen molar-refractivity contribution >= 4 is 5.97 Å². The minimum absolute atomic E-state index is 0.377. The zero-order valence-electron chi connectivity index (χ0n) is 14.1. The lowest BCUT2D eigenvalue weighted by atomic mass is 10.1. The Morgan fingerprint density at radius 3 is 2.50 bits per heavy atom. The molecule has 0 amide bonds. The first-order valence-electron chi connectivity index (χ1n) is 7.45. The average Bonchev–Trinajstić information content (AvgIpc) is 2.62. The number of esters is 1. The summed E-state index contributed by atoms with van der Waals surface area (Å²) in [7, 11) is 4.39. The fourth-order valence-electron chi connectivity index (χ4n) is 2.38. The van der Waals surface area contributed by atoms with E-state index in [9.17, 15) is 9.59 Å². The van der Waals surface area contributed by atoms with E-state index in [-0.39, 0.29) is 5.56 Å². The molecule has 0 aliphatic heterocycles. The van der Waals surface area contributed by atoms with E-state index in [1.807, 2.05) is 0 Å². The van der Waals surface area contributed by atoms with Crippen molar-refractivity contribution in [1.29, 1.82) is 0 Å². The van der Waals surface area contributed by atoms with Gasteiger partial charge >= 0.3 is 5.97 Å². The molecule has 2 aromatic rings. The summed E-state index contributed by atoms with van der Waals surface area (Å²) in [6.07, 6.45) is 0.387. The molecule has 1 aromatic carbocycles. The second-order valence-electron chi connectivity index (χ2n) is 5.01. The molecule has 0 N–H and O–H groups in total. The van der Waals surface area contributed by atoms with Crippen molar-refractivity contribution in [2.24, 2.45) is 0 Å². The normalized spacial score (nSPS) is 11.7. The van der Waals surface area contributed by atoms with E-state index in [0.717, 1.165) is 4.68 Å². The molecule has 0 fully saturated rings. The zero-order valence-corrected chi connectivity index (χ0v) is 14.1. The highest BCUT2D eigenvalue weighted by atomic mass is 16.5. The number of rotatable bonds is 6. The Kier molecular flexibility index (Phi) is 5.57. The van der Waals surface area contributed by atoms with E-state index in [0.29, 0.717) is 29.2 Å². The maximum atomic E-state index is 12.1. The Morgan fingerprint density at radius 2 is 1.92 bits per heavy atom. The third-order valence-electron chi connectivity index (χ3n) is 3.66. The molecule has 1 atom stereocenters. The van der Waals surface area contributed by atoms with Crippen LogP contribution in [0.3, 0.4) is 0 Å². The third kappa shape index (κ3) is 3.40. The fourth-order valence-corrected chi connectivity index (χ4v) is 2.38. The molecule has 2 rings (SSSR count). The van der Waals surface area contributed by atoms with Crippen molar-refractivity contribution in [3.8, 4) is 22.8 Å². The summed E-state index contributed by atoms with van der Waals surface area (Å²) >= 11 is 0. The minimum atomic E-state index is -0.779. The summed E-state index contributed by atoms with van der Waals surface area (Å²) in [5, 5.41) is 4.33.